The summed E-state index contributed by atoms with van der Waals surface area (Å²) < 4.78 is 10.8. The molecule has 0 radical (unpaired) electrons. The fraction of sp³-hybridized carbons (Fsp3) is 0.500. The second-order valence-corrected chi connectivity index (χ2v) is 4.54. The molecule has 0 saturated carbocycles. The van der Waals surface area contributed by atoms with Gasteiger partial charge in [0, 0.05) is 11.6 Å². The molecular weight excluding hydrogens is 244 g/mol. The maximum absolute atomic E-state index is 10.9. The van der Waals surface area contributed by atoms with Crippen LogP contribution in [0.25, 0.3) is 0 Å². The Balaban J connectivity index is 1.97. The average Bonchev–Trinajstić information content (AvgIpc) is 2.83. The van der Waals surface area contributed by atoms with E-state index >= 15 is 0 Å². The molecule has 5 heteroatoms. The van der Waals surface area contributed by atoms with Crippen LogP contribution < -0.4 is 15.4 Å². The van der Waals surface area contributed by atoms with Crippen LogP contribution in [0.2, 0.25) is 0 Å². The van der Waals surface area contributed by atoms with E-state index in [1.807, 2.05) is 24.3 Å². The molecule has 0 bridgehead atoms. The number of hydrogen-bond donors (Lipinski definition) is 2. The summed E-state index contributed by atoms with van der Waals surface area (Å²) in [6.45, 7) is 5.95. The van der Waals surface area contributed by atoms with Crippen molar-refractivity contribution in [1.82, 2.24) is 10.6 Å². The zero-order valence-electron chi connectivity index (χ0n) is 11.3. The first kappa shape index (κ1) is 13.7. The quantitative estimate of drug-likeness (QED) is 0.823. The number of ether oxygens (including phenoxy) is 2. The maximum Gasteiger partial charge on any atom is 0.407 e. The van der Waals surface area contributed by atoms with Gasteiger partial charge in [0.15, 0.2) is 6.10 Å². The smallest absolute Gasteiger partial charge is 0.407 e. The molecule has 0 aliphatic carbocycles. The number of benzene rings is 1. The second-order valence-electron chi connectivity index (χ2n) is 4.54. The summed E-state index contributed by atoms with van der Waals surface area (Å²) in [7, 11) is 0. The minimum absolute atomic E-state index is 0.213. The Kier molecular flexibility index (Phi) is 4.63. The molecule has 2 atom stereocenters. The number of cyclic esters (lactones) is 1. The Bertz CT molecular complexity index is 436. The van der Waals surface area contributed by atoms with Gasteiger partial charge in [-0.05, 0) is 19.5 Å². The molecule has 2 unspecified atom stereocenters. The van der Waals surface area contributed by atoms with Crippen LogP contribution in [0, 0.1) is 0 Å². The number of nitrogens with one attached hydrogen (secondary N) is 2. The Morgan fingerprint density at radius 3 is 3.00 bits per heavy atom. The number of alkyl carbamates (subject to hydrolysis) is 1. The summed E-state index contributed by atoms with van der Waals surface area (Å²) >= 11 is 0. The zero-order valence-corrected chi connectivity index (χ0v) is 11.3. The Labute approximate surface area is 113 Å². The maximum atomic E-state index is 10.9. The largest absolute Gasteiger partial charge is 0.489 e. The van der Waals surface area contributed by atoms with Crippen molar-refractivity contribution in [2.75, 3.05) is 19.7 Å². The highest BCUT2D eigenvalue weighted by molar-refractivity contribution is 5.69. The molecule has 1 amide bonds. The van der Waals surface area contributed by atoms with Crippen LogP contribution in [-0.4, -0.2) is 31.9 Å². The van der Waals surface area contributed by atoms with Crippen LogP contribution in [0.5, 0.6) is 5.75 Å². The van der Waals surface area contributed by atoms with E-state index in [9.17, 15) is 4.79 Å². The summed E-state index contributed by atoms with van der Waals surface area (Å²) in [6.07, 6.45) is -0.585. The van der Waals surface area contributed by atoms with Gasteiger partial charge in [-0.3, -0.25) is 0 Å². The molecule has 1 saturated heterocycles. The lowest BCUT2D eigenvalue weighted by Gasteiger charge is -2.18. The summed E-state index contributed by atoms with van der Waals surface area (Å²) in [5, 5.41) is 5.97. The molecular formula is C14H20N2O3. The van der Waals surface area contributed by atoms with Crippen molar-refractivity contribution in [3.05, 3.63) is 29.8 Å². The highest BCUT2D eigenvalue weighted by atomic mass is 16.6. The number of carbonyl (C=O) groups excluding carboxylic acids is 1. The van der Waals surface area contributed by atoms with E-state index in [0.29, 0.717) is 13.2 Å². The molecule has 2 rings (SSSR count). The second kappa shape index (κ2) is 6.43. The summed E-state index contributed by atoms with van der Waals surface area (Å²) in [5.41, 5.74) is 1.11. The lowest BCUT2D eigenvalue weighted by atomic mass is 10.1. The van der Waals surface area contributed by atoms with Crippen LogP contribution in [0.15, 0.2) is 24.3 Å². The average molecular weight is 264 g/mol. The van der Waals surface area contributed by atoms with E-state index < -0.39 is 0 Å². The van der Waals surface area contributed by atoms with Crippen molar-refractivity contribution in [3.63, 3.8) is 0 Å². The Hall–Kier alpha value is -1.75. The molecule has 19 heavy (non-hydrogen) atoms. The molecule has 0 spiro atoms. The van der Waals surface area contributed by atoms with Crippen molar-refractivity contribution in [3.8, 4) is 5.75 Å². The van der Waals surface area contributed by atoms with E-state index in [2.05, 4.69) is 24.5 Å². The Morgan fingerprint density at radius 1 is 1.53 bits per heavy atom. The van der Waals surface area contributed by atoms with Gasteiger partial charge in [0.25, 0.3) is 0 Å². The van der Waals surface area contributed by atoms with Gasteiger partial charge in [0.05, 0.1) is 6.54 Å². The minimum atomic E-state index is -0.372. The van der Waals surface area contributed by atoms with Gasteiger partial charge in [0.2, 0.25) is 0 Å². The molecule has 104 valence electrons. The minimum Gasteiger partial charge on any atom is -0.489 e. The topological polar surface area (TPSA) is 59.6 Å². The van der Waals surface area contributed by atoms with Crippen molar-refractivity contribution >= 4 is 6.09 Å². The van der Waals surface area contributed by atoms with Crippen molar-refractivity contribution in [2.24, 2.45) is 0 Å². The van der Waals surface area contributed by atoms with Crippen LogP contribution in [0.1, 0.15) is 25.5 Å². The zero-order chi connectivity index (χ0) is 13.7. The van der Waals surface area contributed by atoms with Gasteiger partial charge < -0.3 is 20.1 Å². The number of amides is 1. The molecule has 2 N–H and O–H groups in total. The van der Waals surface area contributed by atoms with Crippen molar-refractivity contribution < 1.29 is 14.3 Å². The summed E-state index contributed by atoms with van der Waals surface area (Å²) in [5.74, 6) is 0.832. The van der Waals surface area contributed by atoms with Crippen molar-refractivity contribution in [1.29, 1.82) is 0 Å². The third kappa shape index (κ3) is 3.61. The predicted octanol–water partition coefficient (Wildman–Crippen LogP) is 1.84. The third-order valence-corrected chi connectivity index (χ3v) is 3.07. The van der Waals surface area contributed by atoms with Gasteiger partial charge in [0.1, 0.15) is 12.4 Å². The standard InChI is InChI=1S/C14H20N2O3/c1-3-15-10(2)12-6-4-5-7-13(12)18-9-11-8-16-14(17)19-11/h4-7,10-11,15H,3,8-9H2,1-2H3,(H,16,17). The molecule has 1 aromatic carbocycles. The molecule has 1 heterocycles. The third-order valence-electron chi connectivity index (χ3n) is 3.07. The predicted molar refractivity (Wildman–Crippen MR) is 72.3 cm³/mol. The first-order valence-corrected chi connectivity index (χ1v) is 6.60. The lowest BCUT2D eigenvalue weighted by Crippen LogP contribution is -2.23. The van der Waals surface area contributed by atoms with Crippen LogP contribution in [-0.2, 0) is 4.74 Å². The van der Waals surface area contributed by atoms with Crippen LogP contribution in [0.3, 0.4) is 0 Å². The first-order chi connectivity index (χ1) is 9.20. The molecule has 1 aliphatic heterocycles. The van der Waals surface area contributed by atoms with Gasteiger partial charge in [-0.25, -0.2) is 4.79 Å². The van der Waals surface area contributed by atoms with E-state index in [4.69, 9.17) is 9.47 Å². The van der Waals surface area contributed by atoms with E-state index in [-0.39, 0.29) is 18.2 Å². The van der Waals surface area contributed by atoms with Gasteiger partial charge in [-0.2, -0.15) is 0 Å². The lowest BCUT2D eigenvalue weighted by molar-refractivity contribution is 0.104. The molecule has 5 nitrogen and oxygen atoms in total. The molecule has 1 aliphatic rings. The van der Waals surface area contributed by atoms with Gasteiger partial charge in [-0.15, -0.1) is 0 Å². The number of carbonyl (C=O) groups is 1. The fourth-order valence-electron chi connectivity index (χ4n) is 2.09. The van der Waals surface area contributed by atoms with Gasteiger partial charge in [-0.1, -0.05) is 25.1 Å². The van der Waals surface area contributed by atoms with Gasteiger partial charge >= 0.3 is 6.09 Å². The molecule has 0 aromatic heterocycles. The number of hydrogen-bond acceptors (Lipinski definition) is 4. The van der Waals surface area contributed by atoms with Crippen LogP contribution >= 0.6 is 0 Å². The fourth-order valence-corrected chi connectivity index (χ4v) is 2.09. The highest BCUT2D eigenvalue weighted by Crippen LogP contribution is 2.25. The van der Waals surface area contributed by atoms with E-state index in [1.54, 1.807) is 0 Å². The van der Waals surface area contributed by atoms with Crippen LogP contribution in [0.4, 0.5) is 4.79 Å². The number of rotatable bonds is 6. The normalized spacial score (nSPS) is 19.7. The van der Waals surface area contributed by atoms with E-state index in [1.165, 1.54) is 0 Å². The van der Waals surface area contributed by atoms with Crippen molar-refractivity contribution in [2.45, 2.75) is 26.0 Å². The highest BCUT2D eigenvalue weighted by Gasteiger charge is 2.23. The monoisotopic (exact) mass is 264 g/mol. The first-order valence-electron chi connectivity index (χ1n) is 6.60. The Morgan fingerprint density at radius 2 is 2.32 bits per heavy atom. The summed E-state index contributed by atoms with van der Waals surface area (Å²) in [6, 6.07) is 8.14. The molecule has 1 fully saturated rings. The summed E-state index contributed by atoms with van der Waals surface area (Å²) in [4.78, 5) is 10.9. The van der Waals surface area contributed by atoms with E-state index in [0.717, 1.165) is 17.9 Å². The number of para-hydroxylation sites is 1. The SMILES string of the molecule is CCNC(C)c1ccccc1OCC1CNC(=O)O1. The molecule has 1 aromatic rings.